The van der Waals surface area contributed by atoms with Gasteiger partial charge in [-0.2, -0.15) is 0 Å². The fourth-order valence-electron chi connectivity index (χ4n) is 3.73. The van der Waals surface area contributed by atoms with Crippen LogP contribution in [0.15, 0.2) is 33.7 Å². The van der Waals surface area contributed by atoms with Crippen LogP contribution >= 0.6 is 39.9 Å². The third-order valence-electron chi connectivity index (χ3n) is 5.68. The number of piperidine rings is 1. The molecule has 3 N–H and O–H groups in total. The number of guanidine groups is 1. The zero-order valence-electron chi connectivity index (χ0n) is 16.8. The number of halogens is 2. The van der Waals surface area contributed by atoms with Crippen molar-refractivity contribution in [1.82, 2.24) is 15.5 Å². The van der Waals surface area contributed by atoms with Gasteiger partial charge >= 0.3 is 0 Å². The van der Waals surface area contributed by atoms with Crippen LogP contribution in [0, 0.1) is 0 Å². The fourth-order valence-corrected chi connectivity index (χ4v) is 4.13. The molecule has 1 aliphatic heterocycles. The van der Waals surface area contributed by atoms with Gasteiger partial charge in [0, 0.05) is 36.1 Å². The van der Waals surface area contributed by atoms with Crippen molar-refractivity contribution in [3.63, 3.8) is 0 Å². The quantitative estimate of drug-likeness (QED) is 0.196. The lowest BCUT2D eigenvalue weighted by Crippen LogP contribution is -2.40. The van der Waals surface area contributed by atoms with Gasteiger partial charge < -0.3 is 20.6 Å². The van der Waals surface area contributed by atoms with E-state index in [9.17, 15) is 5.11 Å². The predicted molar refractivity (Wildman–Crippen MR) is 131 cm³/mol. The van der Waals surface area contributed by atoms with E-state index in [0.717, 1.165) is 69.0 Å². The van der Waals surface area contributed by atoms with Crippen LogP contribution in [0.2, 0.25) is 0 Å². The average molecular weight is 565 g/mol. The van der Waals surface area contributed by atoms with Gasteiger partial charge in [0.1, 0.15) is 0 Å². The van der Waals surface area contributed by atoms with Crippen LogP contribution in [0.4, 0.5) is 0 Å². The Bertz CT molecular complexity index is 631. The molecule has 1 heterocycles. The highest BCUT2D eigenvalue weighted by molar-refractivity contribution is 14.0. The smallest absolute Gasteiger partial charge is 0.191 e. The molecule has 1 aromatic rings. The minimum atomic E-state index is -0.0909. The summed E-state index contributed by atoms with van der Waals surface area (Å²) in [7, 11) is 0. The molecule has 1 saturated carbocycles. The SMILES string of the molecule is CCNC(=NCC1(c2cccc(Br)c2)CC1)NCCCN1CCC(O)CC1.I. The molecule has 158 valence electrons. The highest BCUT2D eigenvalue weighted by Crippen LogP contribution is 2.48. The molecule has 3 rings (SSSR count). The Morgan fingerprint density at radius 1 is 1.29 bits per heavy atom. The van der Waals surface area contributed by atoms with E-state index in [1.54, 1.807) is 0 Å². The van der Waals surface area contributed by atoms with E-state index in [0.29, 0.717) is 0 Å². The number of benzene rings is 1. The zero-order chi connectivity index (χ0) is 19.1. The Labute approximate surface area is 194 Å². The number of aliphatic imine (C=N–C) groups is 1. The largest absolute Gasteiger partial charge is 0.393 e. The van der Waals surface area contributed by atoms with Crippen LogP contribution in [-0.4, -0.2) is 61.3 Å². The lowest BCUT2D eigenvalue weighted by Gasteiger charge is -2.29. The lowest BCUT2D eigenvalue weighted by molar-refractivity contribution is 0.0823. The van der Waals surface area contributed by atoms with Gasteiger partial charge in [-0.25, -0.2) is 0 Å². The Morgan fingerprint density at radius 3 is 2.68 bits per heavy atom. The van der Waals surface area contributed by atoms with Gasteiger partial charge in [-0.3, -0.25) is 4.99 Å². The number of likely N-dealkylation sites (tertiary alicyclic amines) is 1. The molecule has 5 nitrogen and oxygen atoms in total. The third-order valence-corrected chi connectivity index (χ3v) is 6.17. The number of nitrogens with zero attached hydrogens (tertiary/aromatic N) is 2. The molecule has 0 radical (unpaired) electrons. The van der Waals surface area contributed by atoms with Crippen LogP contribution in [0.1, 0.15) is 44.6 Å². The maximum atomic E-state index is 9.59. The van der Waals surface area contributed by atoms with E-state index in [2.05, 4.69) is 62.7 Å². The van der Waals surface area contributed by atoms with Crippen molar-refractivity contribution >= 4 is 45.9 Å². The first-order valence-electron chi connectivity index (χ1n) is 10.3. The molecule has 1 aliphatic carbocycles. The van der Waals surface area contributed by atoms with Gasteiger partial charge in [-0.15, -0.1) is 24.0 Å². The zero-order valence-corrected chi connectivity index (χ0v) is 20.7. The monoisotopic (exact) mass is 564 g/mol. The molecular weight excluding hydrogens is 531 g/mol. The van der Waals surface area contributed by atoms with Crippen LogP contribution in [0.5, 0.6) is 0 Å². The highest BCUT2D eigenvalue weighted by Gasteiger charge is 2.44. The Kier molecular flexibility index (Phi) is 10.00. The number of rotatable bonds is 8. The molecule has 0 atom stereocenters. The summed E-state index contributed by atoms with van der Waals surface area (Å²) >= 11 is 3.59. The molecule has 7 heteroatoms. The molecule has 1 saturated heterocycles. The Hall–Kier alpha value is -0.380. The number of aliphatic hydroxyl groups is 1. The first kappa shape index (κ1) is 23.9. The van der Waals surface area contributed by atoms with E-state index in [1.807, 2.05) is 0 Å². The van der Waals surface area contributed by atoms with Crippen LogP contribution < -0.4 is 10.6 Å². The van der Waals surface area contributed by atoms with E-state index in [-0.39, 0.29) is 35.5 Å². The van der Waals surface area contributed by atoms with Gasteiger partial charge in [0.25, 0.3) is 0 Å². The topological polar surface area (TPSA) is 59.9 Å². The van der Waals surface area contributed by atoms with Crippen molar-refractivity contribution in [2.75, 3.05) is 39.3 Å². The summed E-state index contributed by atoms with van der Waals surface area (Å²) in [6, 6.07) is 8.66. The summed E-state index contributed by atoms with van der Waals surface area (Å²) in [5.41, 5.74) is 1.62. The first-order chi connectivity index (χ1) is 13.1. The van der Waals surface area contributed by atoms with Crippen molar-refractivity contribution in [3.8, 4) is 0 Å². The van der Waals surface area contributed by atoms with E-state index in [4.69, 9.17) is 4.99 Å². The number of hydrogen-bond acceptors (Lipinski definition) is 3. The molecule has 0 spiro atoms. The van der Waals surface area contributed by atoms with Crippen molar-refractivity contribution in [1.29, 1.82) is 0 Å². The molecule has 0 unspecified atom stereocenters. The maximum absolute atomic E-state index is 9.59. The Balaban J connectivity index is 0.00000280. The molecular formula is C21H34BrIN4O. The summed E-state index contributed by atoms with van der Waals surface area (Å²) in [4.78, 5) is 7.33. The van der Waals surface area contributed by atoms with Crippen molar-refractivity contribution in [2.45, 2.75) is 50.5 Å². The summed E-state index contributed by atoms with van der Waals surface area (Å²) in [5, 5.41) is 16.5. The minimum absolute atomic E-state index is 0. The number of aliphatic hydroxyl groups excluding tert-OH is 1. The molecule has 2 fully saturated rings. The second kappa shape index (κ2) is 11.7. The second-order valence-electron chi connectivity index (χ2n) is 7.84. The second-order valence-corrected chi connectivity index (χ2v) is 8.75. The van der Waals surface area contributed by atoms with Crippen molar-refractivity contribution in [3.05, 3.63) is 34.3 Å². The predicted octanol–water partition coefficient (Wildman–Crippen LogP) is 3.50. The molecule has 1 aromatic carbocycles. The van der Waals surface area contributed by atoms with Gasteiger partial charge in [-0.1, -0.05) is 28.1 Å². The molecule has 28 heavy (non-hydrogen) atoms. The van der Waals surface area contributed by atoms with E-state index >= 15 is 0 Å². The maximum Gasteiger partial charge on any atom is 0.191 e. The van der Waals surface area contributed by atoms with Gasteiger partial charge in [-0.05, 0) is 63.3 Å². The fraction of sp³-hybridized carbons (Fsp3) is 0.667. The lowest BCUT2D eigenvalue weighted by atomic mass is 9.96. The summed E-state index contributed by atoms with van der Waals surface area (Å²) in [6.45, 7) is 7.87. The van der Waals surface area contributed by atoms with Crippen molar-refractivity contribution < 1.29 is 5.11 Å². The highest BCUT2D eigenvalue weighted by atomic mass is 127. The number of hydrogen-bond donors (Lipinski definition) is 3. The van der Waals surface area contributed by atoms with Gasteiger partial charge in [0.05, 0.1) is 12.6 Å². The average Bonchev–Trinajstić information content (AvgIpc) is 3.46. The standard InChI is InChI=1S/C21H33BrN4O.HI/c1-2-23-20(24-11-4-12-26-13-7-19(27)8-14-26)25-16-21(9-10-21)17-5-3-6-18(22)15-17;/h3,5-6,15,19,27H,2,4,7-14,16H2,1H3,(H2,23,24,25);1H. The van der Waals surface area contributed by atoms with Crippen molar-refractivity contribution in [2.24, 2.45) is 4.99 Å². The molecule has 0 amide bonds. The van der Waals surface area contributed by atoms with Crippen LogP contribution in [-0.2, 0) is 5.41 Å². The van der Waals surface area contributed by atoms with E-state index in [1.165, 1.54) is 18.4 Å². The summed E-state index contributed by atoms with van der Waals surface area (Å²) < 4.78 is 1.14. The van der Waals surface area contributed by atoms with Gasteiger partial charge in [0.2, 0.25) is 0 Å². The normalized spacial score (nSPS) is 19.8. The Morgan fingerprint density at radius 2 is 2.04 bits per heavy atom. The number of nitrogens with one attached hydrogen (secondary N) is 2. The molecule has 0 aromatic heterocycles. The van der Waals surface area contributed by atoms with Gasteiger partial charge in [0.15, 0.2) is 5.96 Å². The van der Waals surface area contributed by atoms with Crippen LogP contribution in [0.25, 0.3) is 0 Å². The van der Waals surface area contributed by atoms with Crippen LogP contribution in [0.3, 0.4) is 0 Å². The molecule has 2 aliphatic rings. The van der Waals surface area contributed by atoms with E-state index < -0.39 is 0 Å². The first-order valence-corrected chi connectivity index (χ1v) is 11.1. The minimum Gasteiger partial charge on any atom is -0.393 e. The third kappa shape index (κ3) is 7.15. The molecule has 0 bridgehead atoms. The summed E-state index contributed by atoms with van der Waals surface area (Å²) in [6.07, 6.45) is 5.26. The summed E-state index contributed by atoms with van der Waals surface area (Å²) in [5.74, 6) is 0.924.